The van der Waals surface area contributed by atoms with Crippen LogP contribution in [0.25, 0.3) is 0 Å². The van der Waals surface area contributed by atoms with Gasteiger partial charge < -0.3 is 20.7 Å². The Morgan fingerprint density at radius 3 is 3.05 bits per heavy atom. The highest BCUT2D eigenvalue weighted by atomic mass is 16.5. The topological polar surface area (TPSA) is 67.6 Å². The Bertz CT molecular complexity index is 545. The monoisotopic (exact) mass is 289 g/mol. The maximum Gasteiger partial charge on any atom is 0.224 e. The molecule has 1 aromatic rings. The molecule has 1 unspecified atom stereocenters. The lowest BCUT2D eigenvalue weighted by Crippen LogP contribution is -2.40. The van der Waals surface area contributed by atoms with Crippen LogP contribution in [0, 0.1) is 0 Å². The third kappa shape index (κ3) is 3.13. The Balaban J connectivity index is 1.70. The molecule has 1 atom stereocenters. The number of hydrogen-bond donors (Lipinski definition) is 2. The SMILES string of the molecule is CN1CCCCC1COc1cc2c(cc1N)CCC(=O)N2. The first-order valence-corrected chi connectivity index (χ1v) is 7.69. The van der Waals surface area contributed by atoms with Crippen LogP contribution >= 0.6 is 0 Å². The number of carbonyl (C=O) groups excluding carboxylic acids is 1. The van der Waals surface area contributed by atoms with Gasteiger partial charge in [-0.05, 0) is 44.5 Å². The zero-order valence-electron chi connectivity index (χ0n) is 12.5. The molecule has 2 aliphatic heterocycles. The highest BCUT2D eigenvalue weighted by Gasteiger charge is 2.21. The number of rotatable bonds is 3. The summed E-state index contributed by atoms with van der Waals surface area (Å²) in [6.07, 6.45) is 4.96. The van der Waals surface area contributed by atoms with Crippen LogP contribution in [0.15, 0.2) is 12.1 Å². The van der Waals surface area contributed by atoms with Crippen molar-refractivity contribution in [3.63, 3.8) is 0 Å². The molecule has 3 rings (SSSR count). The fourth-order valence-electron chi connectivity index (χ4n) is 3.09. The van der Waals surface area contributed by atoms with Gasteiger partial charge in [-0.1, -0.05) is 6.42 Å². The van der Waals surface area contributed by atoms with Crippen molar-refractivity contribution < 1.29 is 9.53 Å². The molecule has 21 heavy (non-hydrogen) atoms. The van der Waals surface area contributed by atoms with Crippen molar-refractivity contribution in [1.82, 2.24) is 4.90 Å². The van der Waals surface area contributed by atoms with E-state index in [1.807, 2.05) is 12.1 Å². The van der Waals surface area contributed by atoms with Gasteiger partial charge in [0.2, 0.25) is 5.91 Å². The van der Waals surface area contributed by atoms with Gasteiger partial charge in [0, 0.05) is 24.2 Å². The second kappa shape index (κ2) is 5.93. The fraction of sp³-hybridized carbons (Fsp3) is 0.562. The molecular weight excluding hydrogens is 266 g/mol. The number of fused-ring (bicyclic) bond motifs is 1. The van der Waals surface area contributed by atoms with E-state index >= 15 is 0 Å². The summed E-state index contributed by atoms with van der Waals surface area (Å²) in [6.45, 7) is 1.77. The zero-order valence-corrected chi connectivity index (χ0v) is 12.5. The van der Waals surface area contributed by atoms with Crippen LogP contribution in [0.4, 0.5) is 11.4 Å². The number of piperidine rings is 1. The number of carbonyl (C=O) groups is 1. The van der Waals surface area contributed by atoms with Crippen LogP contribution in [-0.4, -0.2) is 37.0 Å². The van der Waals surface area contributed by atoms with E-state index in [2.05, 4.69) is 17.3 Å². The number of nitrogens with one attached hydrogen (secondary N) is 1. The van der Waals surface area contributed by atoms with Crippen LogP contribution in [0.5, 0.6) is 5.75 Å². The van der Waals surface area contributed by atoms with Crippen molar-refractivity contribution >= 4 is 17.3 Å². The molecule has 0 bridgehead atoms. The smallest absolute Gasteiger partial charge is 0.224 e. The molecule has 1 saturated heterocycles. The molecule has 1 aromatic carbocycles. The zero-order chi connectivity index (χ0) is 14.8. The summed E-state index contributed by atoms with van der Waals surface area (Å²) in [7, 11) is 2.14. The van der Waals surface area contributed by atoms with Crippen LogP contribution in [0.1, 0.15) is 31.2 Å². The quantitative estimate of drug-likeness (QED) is 0.835. The maximum absolute atomic E-state index is 11.5. The molecule has 114 valence electrons. The first-order valence-electron chi connectivity index (χ1n) is 7.69. The second-order valence-electron chi connectivity index (χ2n) is 6.04. The van der Waals surface area contributed by atoms with Gasteiger partial charge in [-0.2, -0.15) is 0 Å². The number of amides is 1. The standard InChI is InChI=1S/C16H23N3O2/c1-19-7-3-2-4-12(19)10-21-15-9-14-11(8-13(15)17)5-6-16(20)18-14/h8-9,12H,2-7,10,17H2,1H3,(H,18,20). The summed E-state index contributed by atoms with van der Waals surface area (Å²) in [4.78, 5) is 13.8. The lowest BCUT2D eigenvalue weighted by molar-refractivity contribution is -0.116. The average Bonchev–Trinajstić information content (AvgIpc) is 2.47. The molecular formula is C16H23N3O2. The summed E-state index contributed by atoms with van der Waals surface area (Å²) >= 11 is 0. The highest BCUT2D eigenvalue weighted by Crippen LogP contribution is 2.33. The number of likely N-dealkylation sites (tertiary alicyclic amines) is 1. The third-order valence-corrected chi connectivity index (χ3v) is 4.48. The van der Waals surface area contributed by atoms with Crippen LogP contribution in [-0.2, 0) is 11.2 Å². The first-order chi connectivity index (χ1) is 10.1. The summed E-state index contributed by atoms with van der Waals surface area (Å²) in [5.41, 5.74) is 8.67. The van der Waals surface area contributed by atoms with Gasteiger partial charge in [0.05, 0.1) is 5.69 Å². The summed E-state index contributed by atoms with van der Waals surface area (Å²) < 4.78 is 5.93. The predicted molar refractivity (Wildman–Crippen MR) is 83.6 cm³/mol. The van der Waals surface area contributed by atoms with Crippen LogP contribution in [0.3, 0.4) is 0 Å². The molecule has 5 heteroatoms. The van der Waals surface area contributed by atoms with Gasteiger partial charge in [-0.15, -0.1) is 0 Å². The maximum atomic E-state index is 11.5. The Hall–Kier alpha value is -1.75. The molecule has 0 saturated carbocycles. The minimum absolute atomic E-state index is 0.0604. The number of aryl methyl sites for hydroxylation is 1. The van der Waals surface area contributed by atoms with Crippen molar-refractivity contribution in [2.75, 3.05) is 31.2 Å². The van der Waals surface area contributed by atoms with Gasteiger partial charge in [-0.3, -0.25) is 4.79 Å². The molecule has 0 spiro atoms. The van der Waals surface area contributed by atoms with Crippen LogP contribution < -0.4 is 15.8 Å². The molecule has 3 N–H and O–H groups in total. The summed E-state index contributed by atoms with van der Waals surface area (Å²) in [5, 5.41) is 2.89. The molecule has 0 aliphatic carbocycles. The van der Waals surface area contributed by atoms with E-state index < -0.39 is 0 Å². The van der Waals surface area contributed by atoms with E-state index in [1.54, 1.807) is 0 Å². The Morgan fingerprint density at radius 2 is 2.24 bits per heavy atom. The summed E-state index contributed by atoms with van der Waals surface area (Å²) in [6, 6.07) is 4.24. The number of nitrogen functional groups attached to an aromatic ring is 1. The highest BCUT2D eigenvalue weighted by molar-refractivity contribution is 5.94. The lowest BCUT2D eigenvalue weighted by Gasteiger charge is -2.32. The minimum Gasteiger partial charge on any atom is -0.490 e. The third-order valence-electron chi connectivity index (χ3n) is 4.48. The molecule has 1 amide bonds. The molecule has 2 aliphatic rings. The van der Waals surface area contributed by atoms with E-state index in [0.717, 1.165) is 30.6 Å². The molecule has 5 nitrogen and oxygen atoms in total. The Kier molecular flexibility index (Phi) is 4.01. The number of likely N-dealkylation sites (N-methyl/N-ethyl adjacent to an activating group) is 1. The van der Waals surface area contributed by atoms with Crippen molar-refractivity contribution in [1.29, 1.82) is 0 Å². The van der Waals surface area contributed by atoms with E-state index in [-0.39, 0.29) is 5.91 Å². The van der Waals surface area contributed by atoms with Crippen molar-refractivity contribution in [3.05, 3.63) is 17.7 Å². The lowest BCUT2D eigenvalue weighted by atomic mass is 10.0. The number of benzene rings is 1. The van der Waals surface area contributed by atoms with E-state index in [9.17, 15) is 4.79 Å². The number of anilines is 2. The Labute approximate surface area is 125 Å². The van der Waals surface area contributed by atoms with E-state index in [1.165, 1.54) is 12.8 Å². The fourth-order valence-corrected chi connectivity index (χ4v) is 3.09. The molecule has 0 radical (unpaired) electrons. The van der Waals surface area contributed by atoms with Gasteiger partial charge in [0.25, 0.3) is 0 Å². The minimum atomic E-state index is 0.0604. The van der Waals surface area contributed by atoms with Crippen molar-refractivity contribution in [2.45, 2.75) is 38.1 Å². The number of ether oxygens (including phenoxy) is 1. The molecule has 2 heterocycles. The Morgan fingerprint density at radius 1 is 1.38 bits per heavy atom. The largest absolute Gasteiger partial charge is 0.490 e. The van der Waals surface area contributed by atoms with Gasteiger partial charge in [-0.25, -0.2) is 0 Å². The number of nitrogens with zero attached hydrogens (tertiary/aromatic N) is 1. The number of hydrogen-bond acceptors (Lipinski definition) is 4. The number of nitrogens with two attached hydrogens (primary N) is 1. The van der Waals surface area contributed by atoms with Gasteiger partial charge in [0.1, 0.15) is 12.4 Å². The van der Waals surface area contributed by atoms with Crippen LogP contribution in [0.2, 0.25) is 0 Å². The van der Waals surface area contributed by atoms with Crippen molar-refractivity contribution in [3.8, 4) is 5.75 Å². The summed E-state index contributed by atoms with van der Waals surface area (Å²) in [5.74, 6) is 0.736. The van der Waals surface area contributed by atoms with E-state index in [4.69, 9.17) is 10.5 Å². The molecule has 0 aromatic heterocycles. The normalized spacial score (nSPS) is 22.5. The van der Waals surface area contributed by atoms with Crippen molar-refractivity contribution in [2.24, 2.45) is 0 Å². The van der Waals surface area contributed by atoms with Gasteiger partial charge in [0.15, 0.2) is 0 Å². The molecule has 1 fully saturated rings. The van der Waals surface area contributed by atoms with Gasteiger partial charge >= 0.3 is 0 Å². The predicted octanol–water partition coefficient (Wildman–Crippen LogP) is 2.02. The second-order valence-corrected chi connectivity index (χ2v) is 6.04. The average molecular weight is 289 g/mol. The van der Waals surface area contributed by atoms with E-state index in [0.29, 0.717) is 30.5 Å². The first kappa shape index (κ1) is 14.2.